The highest BCUT2D eigenvalue weighted by Gasteiger charge is 2.63. The fraction of sp³-hybridized carbons (Fsp3) is 0.419. The Hall–Kier alpha value is -5.22. The van der Waals surface area contributed by atoms with E-state index in [1.165, 1.54) is 141 Å². The van der Waals surface area contributed by atoms with Crippen LogP contribution < -0.4 is 31.1 Å². The molecule has 0 radical (unpaired) electrons. The Kier molecular flexibility index (Phi) is 8.75. The van der Waals surface area contributed by atoms with Crippen molar-refractivity contribution in [3.05, 3.63) is 143 Å². The summed E-state index contributed by atoms with van der Waals surface area (Å²) in [6.07, 6.45) is 9.82. The second kappa shape index (κ2) is 13.7. The minimum atomic E-state index is -0.0962. The topological polar surface area (TPSA) is 9.72 Å². The molecule has 4 unspecified atom stereocenters. The Morgan fingerprint density at radius 3 is 1.80 bits per heavy atom. The Labute approximate surface area is 396 Å². The lowest BCUT2D eigenvalue weighted by Gasteiger charge is -2.54. The molecular formula is C62H70BN3. The van der Waals surface area contributed by atoms with Crippen molar-refractivity contribution in [1.29, 1.82) is 0 Å². The molecule has 0 spiro atoms. The van der Waals surface area contributed by atoms with Crippen molar-refractivity contribution >= 4 is 62.9 Å². The average Bonchev–Trinajstić information content (AvgIpc) is 3.62. The second-order valence-corrected chi connectivity index (χ2v) is 24.6. The van der Waals surface area contributed by atoms with Gasteiger partial charge in [-0.3, -0.25) is 0 Å². The molecule has 3 nitrogen and oxygen atoms in total. The van der Waals surface area contributed by atoms with Gasteiger partial charge in [-0.15, -0.1) is 0 Å². The van der Waals surface area contributed by atoms with Gasteiger partial charge in [-0.1, -0.05) is 148 Å². The largest absolute Gasteiger partial charge is 0.335 e. The van der Waals surface area contributed by atoms with Crippen LogP contribution in [0.25, 0.3) is 11.1 Å². The predicted molar refractivity (Wildman–Crippen MR) is 284 cm³/mol. The van der Waals surface area contributed by atoms with Crippen molar-refractivity contribution in [2.75, 3.05) is 14.7 Å². The van der Waals surface area contributed by atoms with Crippen molar-refractivity contribution in [3.63, 3.8) is 0 Å². The van der Waals surface area contributed by atoms with Crippen molar-refractivity contribution in [3.8, 4) is 11.1 Å². The lowest BCUT2D eigenvalue weighted by Crippen LogP contribution is -2.64. The zero-order chi connectivity index (χ0) is 46.1. The highest BCUT2D eigenvalue weighted by atomic mass is 15.3. The maximum absolute atomic E-state index is 2.95. The molecule has 0 aromatic heterocycles. The summed E-state index contributed by atoms with van der Waals surface area (Å²) < 4.78 is 0. The summed E-state index contributed by atoms with van der Waals surface area (Å²) in [7, 11) is 0. The summed E-state index contributed by atoms with van der Waals surface area (Å²) in [5.74, 6) is 0. The number of rotatable bonds is 3. The van der Waals surface area contributed by atoms with Crippen LogP contribution in [0.15, 0.2) is 109 Å². The van der Waals surface area contributed by atoms with Gasteiger partial charge in [-0.05, 0) is 168 Å². The maximum atomic E-state index is 2.95. The van der Waals surface area contributed by atoms with Gasteiger partial charge in [0.05, 0.1) is 11.1 Å². The fourth-order valence-electron chi connectivity index (χ4n) is 14.9. The van der Waals surface area contributed by atoms with Crippen molar-refractivity contribution in [2.45, 2.75) is 167 Å². The molecule has 6 aromatic rings. The first-order chi connectivity index (χ1) is 31.3. The van der Waals surface area contributed by atoms with Crippen LogP contribution in [-0.4, -0.2) is 17.8 Å². The van der Waals surface area contributed by atoms with E-state index in [2.05, 4.69) is 207 Å². The minimum absolute atomic E-state index is 0.00683. The number of anilines is 7. The maximum Gasteiger partial charge on any atom is 0.252 e. The number of hydrogen-bond acceptors (Lipinski definition) is 3. The highest BCUT2D eigenvalue weighted by Crippen LogP contribution is 2.65. The van der Waals surface area contributed by atoms with E-state index in [-0.39, 0.29) is 39.5 Å². The smallest absolute Gasteiger partial charge is 0.252 e. The molecule has 0 saturated heterocycles. The fourth-order valence-corrected chi connectivity index (χ4v) is 14.9. The Bertz CT molecular complexity index is 3010. The van der Waals surface area contributed by atoms with Gasteiger partial charge in [0.2, 0.25) is 0 Å². The second-order valence-electron chi connectivity index (χ2n) is 24.6. The summed E-state index contributed by atoms with van der Waals surface area (Å²) in [4.78, 5) is 8.50. The number of aryl methyl sites for hydroxylation is 2. The zero-order valence-corrected chi connectivity index (χ0v) is 42.0. The first-order valence-electron chi connectivity index (χ1n) is 25.5. The summed E-state index contributed by atoms with van der Waals surface area (Å²) in [5.41, 5.74) is 25.1. The van der Waals surface area contributed by atoms with Gasteiger partial charge in [-0.2, -0.15) is 0 Å². The minimum Gasteiger partial charge on any atom is -0.335 e. The zero-order valence-electron chi connectivity index (χ0n) is 42.0. The molecule has 0 amide bonds. The first-order valence-corrected chi connectivity index (χ1v) is 25.5. The molecule has 66 heavy (non-hydrogen) atoms. The molecule has 4 heterocycles. The van der Waals surface area contributed by atoms with E-state index in [1.54, 1.807) is 11.1 Å². The quantitative estimate of drug-likeness (QED) is 0.164. The van der Waals surface area contributed by atoms with Crippen LogP contribution in [0.5, 0.6) is 0 Å². The van der Waals surface area contributed by atoms with E-state index in [0.717, 1.165) is 0 Å². The van der Waals surface area contributed by atoms with Crippen molar-refractivity contribution in [2.24, 2.45) is 0 Å². The van der Waals surface area contributed by atoms with Crippen molar-refractivity contribution in [1.82, 2.24) is 0 Å². The summed E-state index contributed by atoms with van der Waals surface area (Å²) in [6.45, 7) is 29.4. The average molecular weight is 868 g/mol. The third-order valence-electron chi connectivity index (χ3n) is 18.8. The van der Waals surface area contributed by atoms with Crippen LogP contribution in [0.4, 0.5) is 39.8 Å². The van der Waals surface area contributed by atoms with Crippen LogP contribution in [0, 0.1) is 13.8 Å². The van der Waals surface area contributed by atoms with Gasteiger partial charge in [0, 0.05) is 50.6 Å². The lowest BCUT2D eigenvalue weighted by molar-refractivity contribution is 0.193. The van der Waals surface area contributed by atoms with Gasteiger partial charge in [0.15, 0.2) is 0 Å². The van der Waals surface area contributed by atoms with E-state index in [9.17, 15) is 0 Å². The molecule has 4 heteroatoms. The third-order valence-corrected chi connectivity index (χ3v) is 18.8. The van der Waals surface area contributed by atoms with E-state index >= 15 is 0 Å². The molecule has 6 aliphatic rings. The number of fused-ring (bicyclic) bond motifs is 10. The van der Waals surface area contributed by atoms with Crippen molar-refractivity contribution < 1.29 is 0 Å². The molecule has 2 fully saturated rings. The molecule has 336 valence electrons. The Morgan fingerprint density at radius 2 is 1.12 bits per heavy atom. The standard InChI is InChI=1S/C62H70BN3/c1-39-32-40(2)54-51(33-39)65(62(12)31-19-17-29-60(54,62)10)46-37-52-55-53(38-46)66-56-47(59(9)28-16-18-30-61(59,66)11)34-42(41-20-14-13-15-21-41)35-49(56)63(55)48-36-44(58(6,7)8)24-27-50(48)64(52)45-25-22-43(23-26-45)57(3,4)5/h13-15,20-27,32-38H,16-19,28-31H2,1-12H3. The van der Waals surface area contributed by atoms with Gasteiger partial charge in [0.1, 0.15) is 0 Å². The van der Waals surface area contributed by atoms with E-state index in [1.807, 2.05) is 0 Å². The van der Waals surface area contributed by atoms with Crippen LogP contribution in [0.3, 0.4) is 0 Å². The molecule has 0 bridgehead atoms. The lowest BCUT2D eigenvalue weighted by atomic mass is 9.33. The number of nitrogens with zero attached hydrogens (tertiary/aromatic N) is 3. The summed E-state index contributed by atoms with van der Waals surface area (Å²) >= 11 is 0. The Morgan fingerprint density at radius 1 is 0.500 bits per heavy atom. The molecule has 4 atom stereocenters. The highest BCUT2D eigenvalue weighted by molar-refractivity contribution is 7.00. The molecule has 2 aliphatic carbocycles. The van der Waals surface area contributed by atoms with E-state index in [4.69, 9.17) is 0 Å². The number of benzene rings is 6. The molecule has 6 aromatic carbocycles. The van der Waals surface area contributed by atoms with Gasteiger partial charge >= 0.3 is 0 Å². The van der Waals surface area contributed by atoms with Crippen LogP contribution in [0.2, 0.25) is 0 Å². The Balaban J connectivity index is 1.22. The van der Waals surface area contributed by atoms with Crippen LogP contribution in [-0.2, 0) is 21.7 Å². The number of hydrogen-bond donors (Lipinski definition) is 0. The normalized spacial score (nSPS) is 25.8. The summed E-state index contributed by atoms with van der Waals surface area (Å²) in [6, 6.07) is 44.0. The molecule has 0 N–H and O–H groups in total. The molecule has 2 saturated carbocycles. The van der Waals surface area contributed by atoms with Gasteiger partial charge in [0.25, 0.3) is 6.71 Å². The van der Waals surface area contributed by atoms with Crippen LogP contribution >= 0.6 is 0 Å². The van der Waals surface area contributed by atoms with Crippen LogP contribution in [0.1, 0.15) is 154 Å². The van der Waals surface area contributed by atoms with E-state index < -0.39 is 0 Å². The van der Waals surface area contributed by atoms with Gasteiger partial charge in [-0.25, -0.2) is 0 Å². The third kappa shape index (κ3) is 5.45. The van der Waals surface area contributed by atoms with Gasteiger partial charge < -0.3 is 14.7 Å². The monoisotopic (exact) mass is 868 g/mol. The molecular weight excluding hydrogens is 798 g/mol. The SMILES string of the molecule is Cc1cc(C)c2c(c1)N(c1cc3c4c(c1)N1c5c(cc(-c6ccccc6)cc5C5(C)CCCCC15C)B4c1cc(C(C)(C)C)ccc1N3c1ccc(C(C)(C)C)cc1)C1(C)CCCCC21C. The predicted octanol–water partition coefficient (Wildman–Crippen LogP) is 14.7. The molecule has 12 rings (SSSR count). The first kappa shape index (κ1) is 42.2. The summed E-state index contributed by atoms with van der Waals surface area (Å²) in [5, 5.41) is 0. The van der Waals surface area contributed by atoms with E-state index in [0.29, 0.717) is 0 Å². The molecule has 4 aliphatic heterocycles.